The molecule has 40 heavy (non-hydrogen) atoms. The van der Waals surface area contributed by atoms with E-state index in [4.69, 9.17) is 4.98 Å². The van der Waals surface area contributed by atoms with E-state index >= 15 is 0 Å². The fourth-order valence-corrected chi connectivity index (χ4v) is 6.15. The van der Waals surface area contributed by atoms with Crippen LogP contribution in [0.5, 0.6) is 0 Å². The Morgan fingerprint density at radius 3 is 1.93 bits per heavy atom. The Kier molecular flexibility index (Phi) is 5.83. The average molecular weight is 514 g/mol. The van der Waals surface area contributed by atoms with Crippen molar-refractivity contribution >= 4 is 11.5 Å². The molecule has 4 aromatic carbocycles. The second-order valence-corrected chi connectivity index (χ2v) is 9.96. The van der Waals surface area contributed by atoms with Crippen LogP contribution >= 0.6 is 0 Å². The summed E-state index contributed by atoms with van der Waals surface area (Å²) in [6, 6.07) is 45.3. The van der Waals surface area contributed by atoms with E-state index in [-0.39, 0.29) is 0 Å². The summed E-state index contributed by atoms with van der Waals surface area (Å²) in [7, 11) is 0. The zero-order valence-corrected chi connectivity index (χ0v) is 22.0. The van der Waals surface area contributed by atoms with Crippen LogP contribution in [0.1, 0.15) is 22.3 Å². The predicted molar refractivity (Wildman–Crippen MR) is 164 cm³/mol. The first-order valence-corrected chi connectivity index (χ1v) is 13.4. The van der Waals surface area contributed by atoms with Crippen molar-refractivity contribution in [2.45, 2.75) is 5.41 Å². The molecule has 0 amide bonds. The van der Waals surface area contributed by atoms with Gasteiger partial charge in [0.05, 0.1) is 5.41 Å². The van der Waals surface area contributed by atoms with E-state index < -0.39 is 5.41 Å². The predicted octanol–water partition coefficient (Wildman–Crippen LogP) is 8.79. The van der Waals surface area contributed by atoms with E-state index in [1.807, 2.05) is 41.7 Å². The van der Waals surface area contributed by atoms with Crippen LogP contribution in [0.25, 0.3) is 22.3 Å². The van der Waals surface area contributed by atoms with Crippen molar-refractivity contribution in [2.75, 3.05) is 4.90 Å². The summed E-state index contributed by atoms with van der Waals surface area (Å²) in [4.78, 5) is 11.1. The number of fused-ring (bicyclic) bond motifs is 3. The van der Waals surface area contributed by atoms with Gasteiger partial charge in [0.1, 0.15) is 5.82 Å². The number of pyridine rings is 2. The molecular formula is C37H27N3. The minimum atomic E-state index is -0.407. The maximum atomic E-state index is 4.79. The SMILES string of the molecule is C=CN(c1ccc2c(c1)-c1ccccc1C2(c1ccccc1)c1ccccc1)c1ccc(-c2cccnc2)cn1. The minimum absolute atomic E-state index is 0.407. The Bertz CT molecular complexity index is 1750. The smallest absolute Gasteiger partial charge is 0.137 e. The normalized spacial score (nSPS) is 12.8. The highest BCUT2D eigenvalue weighted by Gasteiger charge is 2.46. The molecule has 1 aliphatic rings. The van der Waals surface area contributed by atoms with Crippen molar-refractivity contribution in [1.29, 1.82) is 0 Å². The molecule has 0 bridgehead atoms. The topological polar surface area (TPSA) is 29.0 Å². The van der Waals surface area contributed by atoms with Gasteiger partial charge >= 0.3 is 0 Å². The van der Waals surface area contributed by atoms with Gasteiger partial charge in [-0.2, -0.15) is 0 Å². The lowest BCUT2D eigenvalue weighted by molar-refractivity contribution is 0.768. The van der Waals surface area contributed by atoms with E-state index in [0.717, 1.165) is 22.6 Å². The van der Waals surface area contributed by atoms with Crippen LogP contribution in [0.2, 0.25) is 0 Å². The molecule has 0 fully saturated rings. The van der Waals surface area contributed by atoms with E-state index in [9.17, 15) is 0 Å². The molecule has 0 spiro atoms. The van der Waals surface area contributed by atoms with Gasteiger partial charge in [-0.25, -0.2) is 4.98 Å². The first-order chi connectivity index (χ1) is 19.8. The lowest BCUT2D eigenvalue weighted by Gasteiger charge is -2.34. The van der Waals surface area contributed by atoms with Gasteiger partial charge in [-0.1, -0.05) is 104 Å². The zero-order valence-electron chi connectivity index (χ0n) is 22.0. The third kappa shape index (κ3) is 3.67. The van der Waals surface area contributed by atoms with Crippen LogP contribution in [0.3, 0.4) is 0 Å². The molecular weight excluding hydrogens is 486 g/mol. The Morgan fingerprint density at radius 1 is 0.600 bits per heavy atom. The molecule has 1 aliphatic carbocycles. The van der Waals surface area contributed by atoms with E-state index in [2.05, 4.69) is 121 Å². The van der Waals surface area contributed by atoms with Gasteiger partial charge < -0.3 is 4.90 Å². The van der Waals surface area contributed by atoms with Gasteiger partial charge in [-0.05, 0) is 63.7 Å². The summed E-state index contributed by atoms with van der Waals surface area (Å²) in [5, 5.41) is 0. The number of anilines is 2. The average Bonchev–Trinajstić information content (AvgIpc) is 3.34. The summed E-state index contributed by atoms with van der Waals surface area (Å²) in [6.45, 7) is 4.13. The summed E-state index contributed by atoms with van der Waals surface area (Å²) < 4.78 is 0. The molecule has 0 aliphatic heterocycles. The number of rotatable bonds is 6. The van der Waals surface area contributed by atoms with Gasteiger partial charge in [-0.15, -0.1) is 0 Å². The summed E-state index contributed by atoms with van der Waals surface area (Å²) in [5.74, 6) is 0.811. The monoisotopic (exact) mass is 513 g/mol. The Morgan fingerprint density at radius 2 is 1.27 bits per heavy atom. The molecule has 2 heterocycles. The molecule has 0 unspecified atom stereocenters. The lowest BCUT2D eigenvalue weighted by atomic mass is 9.68. The van der Waals surface area contributed by atoms with Gasteiger partial charge in [0.15, 0.2) is 0 Å². The first-order valence-electron chi connectivity index (χ1n) is 13.4. The largest absolute Gasteiger partial charge is 0.302 e. The molecule has 0 atom stereocenters. The van der Waals surface area contributed by atoms with Crippen molar-refractivity contribution in [1.82, 2.24) is 9.97 Å². The maximum Gasteiger partial charge on any atom is 0.137 e. The maximum absolute atomic E-state index is 4.79. The zero-order chi connectivity index (χ0) is 26.9. The van der Waals surface area contributed by atoms with Crippen molar-refractivity contribution in [3.63, 3.8) is 0 Å². The van der Waals surface area contributed by atoms with Gasteiger partial charge in [-0.3, -0.25) is 4.98 Å². The Labute approximate surface area is 234 Å². The van der Waals surface area contributed by atoms with E-state index in [1.165, 1.54) is 33.4 Å². The lowest BCUT2D eigenvalue weighted by Crippen LogP contribution is -2.28. The molecule has 0 saturated heterocycles. The molecule has 3 heteroatoms. The number of hydrogen-bond acceptors (Lipinski definition) is 3. The second kappa shape index (κ2) is 9.79. The molecule has 3 nitrogen and oxygen atoms in total. The summed E-state index contributed by atoms with van der Waals surface area (Å²) >= 11 is 0. The van der Waals surface area contributed by atoms with Crippen molar-refractivity contribution in [3.8, 4) is 22.3 Å². The first kappa shape index (κ1) is 23.8. The molecule has 0 saturated carbocycles. The second-order valence-electron chi connectivity index (χ2n) is 9.96. The fourth-order valence-electron chi connectivity index (χ4n) is 6.15. The highest BCUT2D eigenvalue weighted by atomic mass is 15.2. The third-order valence-electron chi connectivity index (χ3n) is 7.89. The van der Waals surface area contributed by atoms with Crippen LogP contribution in [0.4, 0.5) is 11.5 Å². The van der Waals surface area contributed by atoms with Gasteiger partial charge in [0, 0.05) is 41.6 Å². The standard InChI is InChI=1S/C37H27N3/c1-2-40(36-22-19-28(26-39-36)27-12-11-23-38-25-27)31-20-21-35-33(24-31)32-17-9-10-18-34(32)37(35,29-13-5-3-6-14-29)30-15-7-4-8-16-30/h2-26H,1H2. The van der Waals surface area contributed by atoms with Crippen molar-refractivity contribution < 1.29 is 0 Å². The molecule has 6 aromatic rings. The molecule has 190 valence electrons. The highest BCUT2D eigenvalue weighted by molar-refractivity contribution is 5.88. The van der Waals surface area contributed by atoms with E-state index in [0.29, 0.717) is 0 Å². The third-order valence-corrected chi connectivity index (χ3v) is 7.89. The summed E-state index contributed by atoms with van der Waals surface area (Å²) in [5.41, 5.74) is 10.2. The van der Waals surface area contributed by atoms with E-state index in [1.54, 1.807) is 6.20 Å². The van der Waals surface area contributed by atoms with Crippen molar-refractivity contribution in [2.24, 2.45) is 0 Å². The van der Waals surface area contributed by atoms with Crippen LogP contribution in [0, 0.1) is 0 Å². The highest BCUT2D eigenvalue weighted by Crippen LogP contribution is 2.56. The molecule has 2 aromatic heterocycles. The Hall–Kier alpha value is -5.28. The van der Waals surface area contributed by atoms with Crippen molar-refractivity contribution in [3.05, 3.63) is 181 Å². The van der Waals surface area contributed by atoms with Gasteiger partial charge in [0.2, 0.25) is 0 Å². The van der Waals surface area contributed by atoms with Gasteiger partial charge in [0.25, 0.3) is 0 Å². The molecule has 0 N–H and O–H groups in total. The van der Waals surface area contributed by atoms with Crippen LogP contribution in [-0.2, 0) is 5.41 Å². The summed E-state index contributed by atoms with van der Waals surface area (Å²) in [6.07, 6.45) is 7.35. The van der Waals surface area contributed by atoms with Crippen LogP contribution < -0.4 is 4.90 Å². The molecule has 7 rings (SSSR count). The quantitative estimate of drug-likeness (QED) is 0.222. The Balaban J connectivity index is 1.39. The minimum Gasteiger partial charge on any atom is -0.302 e. The molecule has 0 radical (unpaired) electrons. The number of hydrogen-bond donors (Lipinski definition) is 0. The number of benzene rings is 4. The number of aromatic nitrogens is 2. The van der Waals surface area contributed by atoms with Crippen LogP contribution in [0.15, 0.2) is 159 Å². The van der Waals surface area contributed by atoms with Crippen LogP contribution in [-0.4, -0.2) is 9.97 Å². The fraction of sp³-hybridized carbons (Fsp3) is 0.0270. The number of nitrogens with zero attached hydrogens (tertiary/aromatic N) is 3.